The first kappa shape index (κ1) is 20.3. The molecular formula is C17H24BrNO5. The van der Waals surface area contributed by atoms with Crippen molar-refractivity contribution < 1.29 is 23.8 Å². The van der Waals surface area contributed by atoms with E-state index in [9.17, 15) is 9.59 Å². The van der Waals surface area contributed by atoms with E-state index in [-0.39, 0.29) is 19.0 Å². The lowest BCUT2D eigenvalue weighted by Crippen LogP contribution is -2.33. The highest BCUT2D eigenvalue weighted by Crippen LogP contribution is 2.25. The number of halogens is 1. The summed E-state index contributed by atoms with van der Waals surface area (Å²) in [6.45, 7) is 5.93. The number of esters is 1. The van der Waals surface area contributed by atoms with Crippen LogP contribution in [0.1, 0.15) is 39.2 Å². The molecule has 0 aliphatic carbocycles. The van der Waals surface area contributed by atoms with Gasteiger partial charge in [-0.3, -0.25) is 4.79 Å². The van der Waals surface area contributed by atoms with Gasteiger partial charge in [0, 0.05) is 13.0 Å². The Kier molecular flexibility index (Phi) is 8.04. The third-order valence-corrected chi connectivity index (χ3v) is 3.46. The van der Waals surface area contributed by atoms with Gasteiger partial charge in [-0.1, -0.05) is 6.07 Å². The molecule has 1 aromatic carbocycles. The standard InChI is InChI=1S/C17H24BrNO5/c1-17(2,3)24-16(21)19-9-5-6-15(20)23-11-12-7-8-14(22-4)13(18)10-12/h7-8,10H,5-6,9,11H2,1-4H3,(H,19,21). The monoisotopic (exact) mass is 401 g/mol. The van der Waals surface area contributed by atoms with Gasteiger partial charge in [-0.25, -0.2) is 4.79 Å². The summed E-state index contributed by atoms with van der Waals surface area (Å²) in [5.41, 5.74) is 0.332. The zero-order valence-corrected chi connectivity index (χ0v) is 16.1. The highest BCUT2D eigenvalue weighted by molar-refractivity contribution is 9.10. The average Bonchev–Trinajstić information content (AvgIpc) is 2.48. The first-order chi connectivity index (χ1) is 11.2. The van der Waals surface area contributed by atoms with E-state index in [0.717, 1.165) is 15.8 Å². The van der Waals surface area contributed by atoms with E-state index < -0.39 is 11.7 Å². The summed E-state index contributed by atoms with van der Waals surface area (Å²) in [6.07, 6.45) is 0.233. The third kappa shape index (κ3) is 8.19. The molecule has 0 bridgehead atoms. The van der Waals surface area contributed by atoms with E-state index in [1.807, 2.05) is 12.1 Å². The Labute approximate surface area is 151 Å². The molecule has 24 heavy (non-hydrogen) atoms. The van der Waals surface area contributed by atoms with Crippen molar-refractivity contribution in [2.45, 2.75) is 45.8 Å². The number of hydrogen-bond donors (Lipinski definition) is 1. The van der Waals surface area contributed by atoms with Gasteiger partial charge in [-0.2, -0.15) is 0 Å². The molecule has 0 spiro atoms. The lowest BCUT2D eigenvalue weighted by Gasteiger charge is -2.19. The fraction of sp³-hybridized carbons (Fsp3) is 0.529. The van der Waals surface area contributed by atoms with Crippen molar-refractivity contribution in [2.24, 2.45) is 0 Å². The Bertz CT molecular complexity index is 569. The lowest BCUT2D eigenvalue weighted by molar-refractivity contribution is -0.145. The Hall–Kier alpha value is -1.76. The van der Waals surface area contributed by atoms with E-state index in [0.29, 0.717) is 13.0 Å². The predicted molar refractivity (Wildman–Crippen MR) is 94.0 cm³/mol. The number of amides is 1. The van der Waals surface area contributed by atoms with Gasteiger partial charge in [0.25, 0.3) is 0 Å². The minimum absolute atomic E-state index is 0.195. The summed E-state index contributed by atoms with van der Waals surface area (Å²) in [5, 5.41) is 2.60. The van der Waals surface area contributed by atoms with Crippen LogP contribution < -0.4 is 10.1 Å². The molecule has 0 unspecified atom stereocenters. The van der Waals surface area contributed by atoms with Crippen LogP contribution in [0, 0.1) is 0 Å². The minimum Gasteiger partial charge on any atom is -0.496 e. The van der Waals surface area contributed by atoms with Gasteiger partial charge in [-0.05, 0) is 60.8 Å². The third-order valence-electron chi connectivity index (χ3n) is 2.84. The quantitative estimate of drug-likeness (QED) is 0.555. The average molecular weight is 402 g/mol. The highest BCUT2D eigenvalue weighted by atomic mass is 79.9. The number of carbonyl (C=O) groups excluding carboxylic acids is 2. The van der Waals surface area contributed by atoms with Gasteiger partial charge in [0.2, 0.25) is 0 Å². The van der Waals surface area contributed by atoms with Crippen LogP contribution in [0.3, 0.4) is 0 Å². The van der Waals surface area contributed by atoms with Gasteiger partial charge in [-0.15, -0.1) is 0 Å². The predicted octanol–water partition coefficient (Wildman–Crippen LogP) is 3.81. The Morgan fingerprint density at radius 1 is 1.25 bits per heavy atom. The number of ether oxygens (including phenoxy) is 3. The molecule has 7 heteroatoms. The Morgan fingerprint density at radius 2 is 1.96 bits per heavy atom. The summed E-state index contributed by atoms with van der Waals surface area (Å²) >= 11 is 3.38. The number of methoxy groups -OCH3 is 1. The van der Waals surface area contributed by atoms with Gasteiger partial charge < -0.3 is 19.5 Å². The molecule has 134 valence electrons. The number of alkyl carbamates (subject to hydrolysis) is 1. The number of carbonyl (C=O) groups is 2. The molecule has 0 aliphatic rings. The smallest absolute Gasteiger partial charge is 0.407 e. The zero-order valence-electron chi connectivity index (χ0n) is 14.5. The molecule has 6 nitrogen and oxygen atoms in total. The van der Waals surface area contributed by atoms with Crippen molar-refractivity contribution in [1.29, 1.82) is 0 Å². The van der Waals surface area contributed by atoms with Gasteiger partial charge >= 0.3 is 12.1 Å². The zero-order chi connectivity index (χ0) is 18.2. The fourth-order valence-electron chi connectivity index (χ4n) is 1.77. The van der Waals surface area contributed by atoms with Gasteiger partial charge in [0.15, 0.2) is 0 Å². The SMILES string of the molecule is COc1ccc(COC(=O)CCCNC(=O)OC(C)(C)C)cc1Br. The molecule has 1 amide bonds. The Balaban J connectivity index is 2.23. The number of hydrogen-bond acceptors (Lipinski definition) is 5. The van der Waals surface area contributed by atoms with Gasteiger partial charge in [0.05, 0.1) is 11.6 Å². The van der Waals surface area contributed by atoms with Crippen LogP contribution in [0.25, 0.3) is 0 Å². The van der Waals surface area contributed by atoms with E-state index in [1.165, 1.54) is 0 Å². The van der Waals surface area contributed by atoms with Crippen molar-refractivity contribution in [2.75, 3.05) is 13.7 Å². The maximum atomic E-state index is 11.7. The summed E-state index contributed by atoms with van der Waals surface area (Å²) in [6, 6.07) is 5.48. The van der Waals surface area contributed by atoms with E-state index in [1.54, 1.807) is 33.9 Å². The number of nitrogens with one attached hydrogen (secondary N) is 1. The molecule has 0 radical (unpaired) electrons. The molecule has 1 aromatic rings. The first-order valence-corrected chi connectivity index (χ1v) is 8.45. The van der Waals surface area contributed by atoms with Crippen molar-refractivity contribution in [1.82, 2.24) is 5.32 Å². The maximum absolute atomic E-state index is 11.7. The van der Waals surface area contributed by atoms with Crippen LogP contribution in [0.2, 0.25) is 0 Å². The molecule has 0 aliphatic heterocycles. The molecular weight excluding hydrogens is 378 g/mol. The van der Waals surface area contributed by atoms with Crippen molar-refractivity contribution >= 4 is 28.0 Å². The van der Waals surface area contributed by atoms with E-state index in [4.69, 9.17) is 14.2 Å². The molecule has 1 rings (SSSR count). The van der Waals surface area contributed by atoms with Crippen LogP contribution in [0.4, 0.5) is 4.79 Å². The molecule has 1 N–H and O–H groups in total. The lowest BCUT2D eigenvalue weighted by atomic mass is 10.2. The normalized spacial score (nSPS) is 10.9. The fourth-order valence-corrected chi connectivity index (χ4v) is 2.36. The maximum Gasteiger partial charge on any atom is 0.407 e. The van der Waals surface area contributed by atoms with Crippen LogP contribution in [-0.4, -0.2) is 31.3 Å². The summed E-state index contributed by atoms with van der Waals surface area (Å²) < 4.78 is 16.2. The van der Waals surface area contributed by atoms with Crippen LogP contribution in [0.15, 0.2) is 22.7 Å². The number of rotatable bonds is 7. The summed E-state index contributed by atoms with van der Waals surface area (Å²) in [7, 11) is 1.59. The second-order valence-electron chi connectivity index (χ2n) is 6.16. The molecule has 0 saturated carbocycles. The Morgan fingerprint density at radius 3 is 2.54 bits per heavy atom. The van der Waals surface area contributed by atoms with Crippen molar-refractivity contribution in [3.8, 4) is 5.75 Å². The van der Waals surface area contributed by atoms with E-state index >= 15 is 0 Å². The highest BCUT2D eigenvalue weighted by Gasteiger charge is 2.15. The minimum atomic E-state index is -0.532. The van der Waals surface area contributed by atoms with Crippen LogP contribution >= 0.6 is 15.9 Å². The molecule has 0 aromatic heterocycles. The molecule has 0 saturated heterocycles. The summed E-state index contributed by atoms with van der Waals surface area (Å²) in [5.74, 6) is 0.409. The van der Waals surface area contributed by atoms with Crippen molar-refractivity contribution in [3.63, 3.8) is 0 Å². The molecule has 0 heterocycles. The largest absolute Gasteiger partial charge is 0.496 e. The second-order valence-corrected chi connectivity index (χ2v) is 7.02. The van der Waals surface area contributed by atoms with E-state index in [2.05, 4.69) is 21.2 Å². The summed E-state index contributed by atoms with van der Waals surface area (Å²) in [4.78, 5) is 23.1. The first-order valence-electron chi connectivity index (χ1n) is 7.66. The van der Waals surface area contributed by atoms with Crippen LogP contribution in [0.5, 0.6) is 5.75 Å². The van der Waals surface area contributed by atoms with Crippen LogP contribution in [-0.2, 0) is 20.9 Å². The molecule has 0 fully saturated rings. The van der Waals surface area contributed by atoms with Gasteiger partial charge in [0.1, 0.15) is 18.0 Å². The van der Waals surface area contributed by atoms with Crippen molar-refractivity contribution in [3.05, 3.63) is 28.2 Å². The molecule has 0 atom stereocenters. The second kappa shape index (κ2) is 9.52. The number of benzene rings is 1. The topological polar surface area (TPSA) is 73.9 Å².